The van der Waals surface area contributed by atoms with Gasteiger partial charge in [-0.15, -0.1) is 23.7 Å². The van der Waals surface area contributed by atoms with Gasteiger partial charge >= 0.3 is 0 Å². The number of rotatable bonds is 4. The molecule has 2 N–H and O–H groups in total. The smallest absolute Gasteiger partial charge is 0.245 e. The summed E-state index contributed by atoms with van der Waals surface area (Å²) in [6, 6.07) is 6.01. The van der Waals surface area contributed by atoms with E-state index in [-0.39, 0.29) is 36.3 Å². The minimum atomic E-state index is -0.367. The number of amides is 1. The lowest BCUT2D eigenvalue weighted by atomic mass is 10.1. The Bertz CT molecular complexity index is 680. The Kier molecular flexibility index (Phi) is 6.68. The number of benzene rings is 1. The molecule has 1 aliphatic heterocycles. The van der Waals surface area contributed by atoms with E-state index < -0.39 is 0 Å². The van der Waals surface area contributed by atoms with Crippen LogP contribution in [0.3, 0.4) is 0 Å². The number of carbonyl (C=O) groups is 1. The first kappa shape index (κ1) is 18.8. The van der Waals surface area contributed by atoms with Crippen molar-refractivity contribution in [3.63, 3.8) is 0 Å². The molecule has 1 aromatic heterocycles. The van der Waals surface area contributed by atoms with Crippen LogP contribution in [0.15, 0.2) is 30.5 Å². The van der Waals surface area contributed by atoms with E-state index in [9.17, 15) is 9.18 Å². The quantitative estimate of drug-likeness (QED) is 0.867. The predicted octanol–water partition coefficient (Wildman–Crippen LogP) is 2.61. The Morgan fingerprint density at radius 3 is 2.92 bits per heavy atom. The number of thiazole rings is 1. The van der Waals surface area contributed by atoms with Crippen molar-refractivity contribution in [2.24, 2.45) is 0 Å². The van der Waals surface area contributed by atoms with E-state index in [4.69, 9.17) is 4.74 Å². The van der Waals surface area contributed by atoms with Crippen LogP contribution in [-0.2, 0) is 16.0 Å². The highest BCUT2D eigenvalue weighted by atomic mass is 35.5. The molecule has 1 saturated heterocycles. The number of ether oxygens (including phenoxy) is 1. The van der Waals surface area contributed by atoms with Gasteiger partial charge in [-0.25, -0.2) is 9.37 Å². The number of hydrogen-bond donors (Lipinski definition) is 2. The van der Waals surface area contributed by atoms with E-state index in [0.717, 1.165) is 10.4 Å². The van der Waals surface area contributed by atoms with Gasteiger partial charge in [-0.1, -0.05) is 12.1 Å². The van der Waals surface area contributed by atoms with Crippen LogP contribution in [0.2, 0.25) is 0 Å². The number of aromatic nitrogens is 1. The van der Waals surface area contributed by atoms with E-state index in [1.54, 1.807) is 18.3 Å². The van der Waals surface area contributed by atoms with Gasteiger partial charge in [0.2, 0.25) is 5.91 Å². The van der Waals surface area contributed by atoms with Gasteiger partial charge in [0.05, 0.1) is 12.7 Å². The molecular weight excluding hydrogens is 353 g/mol. The summed E-state index contributed by atoms with van der Waals surface area (Å²) in [5.74, 6) is -0.387. The molecule has 5 nitrogen and oxygen atoms in total. The zero-order chi connectivity index (χ0) is 16.2. The first-order valence-corrected chi connectivity index (χ1v) is 8.28. The Morgan fingerprint density at radius 2 is 2.21 bits per heavy atom. The lowest BCUT2D eigenvalue weighted by Crippen LogP contribution is -2.53. The molecule has 0 spiro atoms. The van der Waals surface area contributed by atoms with Crippen LogP contribution in [0.25, 0.3) is 0 Å². The normalized spacial score (nSPS) is 20.2. The van der Waals surface area contributed by atoms with E-state index in [1.807, 2.05) is 6.92 Å². The molecule has 130 valence electrons. The molecule has 8 heteroatoms. The average molecular weight is 372 g/mol. The van der Waals surface area contributed by atoms with Gasteiger partial charge < -0.3 is 15.4 Å². The van der Waals surface area contributed by atoms with E-state index in [1.165, 1.54) is 23.5 Å². The molecule has 2 heterocycles. The molecule has 1 fully saturated rings. The summed E-state index contributed by atoms with van der Waals surface area (Å²) in [5.41, 5.74) is 1.00. The van der Waals surface area contributed by atoms with Crippen molar-refractivity contribution in [1.29, 1.82) is 0 Å². The van der Waals surface area contributed by atoms with Gasteiger partial charge in [-0.05, 0) is 24.6 Å². The Hall–Kier alpha value is -1.54. The van der Waals surface area contributed by atoms with Crippen molar-refractivity contribution in [3.05, 3.63) is 46.7 Å². The van der Waals surface area contributed by atoms with Gasteiger partial charge in [0.25, 0.3) is 0 Å². The number of anilines is 1. The molecule has 2 atom stereocenters. The summed E-state index contributed by atoms with van der Waals surface area (Å²) >= 11 is 1.42. The second kappa shape index (κ2) is 8.53. The Morgan fingerprint density at radius 1 is 1.46 bits per heavy atom. The average Bonchev–Trinajstić information content (AvgIpc) is 2.97. The lowest BCUT2D eigenvalue weighted by molar-refractivity contribution is -0.123. The molecule has 0 saturated carbocycles. The highest BCUT2D eigenvalue weighted by Gasteiger charge is 2.28. The molecular formula is C16H19ClFN3O2S. The maximum atomic E-state index is 12.9. The Labute approximate surface area is 150 Å². The van der Waals surface area contributed by atoms with Gasteiger partial charge in [0, 0.05) is 24.0 Å². The van der Waals surface area contributed by atoms with Crippen LogP contribution in [0, 0.1) is 5.82 Å². The zero-order valence-corrected chi connectivity index (χ0v) is 14.8. The maximum Gasteiger partial charge on any atom is 0.245 e. The third-order valence-corrected chi connectivity index (χ3v) is 4.59. The first-order chi connectivity index (χ1) is 11.1. The fraction of sp³-hybridized carbons (Fsp3) is 0.375. The van der Waals surface area contributed by atoms with Gasteiger partial charge in [-0.3, -0.25) is 4.79 Å². The van der Waals surface area contributed by atoms with Crippen LogP contribution in [0.1, 0.15) is 17.4 Å². The van der Waals surface area contributed by atoms with Crippen LogP contribution in [0.5, 0.6) is 0 Å². The minimum Gasteiger partial charge on any atom is -0.375 e. The molecule has 2 aromatic rings. The van der Waals surface area contributed by atoms with Gasteiger partial charge in [0.1, 0.15) is 11.9 Å². The molecule has 1 amide bonds. The van der Waals surface area contributed by atoms with Crippen molar-refractivity contribution in [2.45, 2.75) is 25.5 Å². The molecule has 24 heavy (non-hydrogen) atoms. The fourth-order valence-electron chi connectivity index (χ4n) is 2.46. The minimum absolute atomic E-state index is 0. The van der Waals surface area contributed by atoms with Crippen LogP contribution >= 0.6 is 23.7 Å². The molecule has 0 bridgehead atoms. The van der Waals surface area contributed by atoms with Crippen LogP contribution < -0.4 is 10.6 Å². The number of hydrogen-bond acceptors (Lipinski definition) is 5. The number of morpholine rings is 1. The van der Waals surface area contributed by atoms with E-state index >= 15 is 0 Å². The van der Waals surface area contributed by atoms with E-state index in [0.29, 0.717) is 24.7 Å². The van der Waals surface area contributed by atoms with Gasteiger partial charge in [0.15, 0.2) is 5.13 Å². The second-order valence-corrected chi connectivity index (χ2v) is 6.55. The monoisotopic (exact) mass is 371 g/mol. The third-order valence-electron chi connectivity index (χ3n) is 3.67. The number of carbonyl (C=O) groups excluding carboxylic acids is 1. The number of halogens is 2. The van der Waals surface area contributed by atoms with Crippen molar-refractivity contribution in [3.8, 4) is 0 Å². The molecule has 0 radical (unpaired) electrons. The predicted molar refractivity (Wildman–Crippen MR) is 94.4 cm³/mol. The summed E-state index contributed by atoms with van der Waals surface area (Å²) in [4.78, 5) is 17.5. The zero-order valence-electron chi connectivity index (χ0n) is 13.1. The highest BCUT2D eigenvalue weighted by Crippen LogP contribution is 2.22. The van der Waals surface area contributed by atoms with Crippen molar-refractivity contribution < 1.29 is 13.9 Å². The van der Waals surface area contributed by atoms with Crippen molar-refractivity contribution in [2.75, 3.05) is 18.5 Å². The number of nitrogens with zero attached hydrogens (tertiary/aromatic N) is 1. The van der Waals surface area contributed by atoms with Gasteiger partial charge in [-0.2, -0.15) is 0 Å². The van der Waals surface area contributed by atoms with Crippen LogP contribution in [-0.4, -0.2) is 36.2 Å². The van der Waals surface area contributed by atoms with Crippen molar-refractivity contribution in [1.82, 2.24) is 10.3 Å². The molecule has 3 rings (SSSR count). The summed E-state index contributed by atoms with van der Waals surface area (Å²) in [6.45, 7) is 3.15. The summed E-state index contributed by atoms with van der Waals surface area (Å²) in [7, 11) is 0. The standard InChI is InChI=1S/C16H18FN3O2S.ClH/c1-10-14(18-6-7-22-10)15(21)20-16-19-9-13(23-16)8-11-2-4-12(17)5-3-11;/h2-5,9-10,14,18H,6-8H2,1H3,(H,19,20,21);1H/t10-,14+;/m1./s1. The maximum absolute atomic E-state index is 12.9. The fourth-order valence-corrected chi connectivity index (χ4v) is 3.31. The summed E-state index contributed by atoms with van der Waals surface area (Å²) < 4.78 is 18.4. The lowest BCUT2D eigenvalue weighted by Gasteiger charge is -2.28. The molecule has 0 aliphatic carbocycles. The highest BCUT2D eigenvalue weighted by molar-refractivity contribution is 7.15. The third kappa shape index (κ3) is 4.73. The SMILES string of the molecule is C[C@H]1OCCN[C@@H]1C(=O)Nc1ncc(Cc2ccc(F)cc2)s1.Cl. The largest absolute Gasteiger partial charge is 0.375 e. The van der Waals surface area contributed by atoms with E-state index in [2.05, 4.69) is 15.6 Å². The van der Waals surface area contributed by atoms with Crippen molar-refractivity contribution >= 4 is 34.8 Å². The number of nitrogens with one attached hydrogen (secondary N) is 2. The first-order valence-electron chi connectivity index (χ1n) is 7.47. The summed E-state index contributed by atoms with van der Waals surface area (Å²) in [5, 5.41) is 6.53. The second-order valence-electron chi connectivity index (χ2n) is 5.43. The van der Waals surface area contributed by atoms with Crippen LogP contribution in [0.4, 0.5) is 9.52 Å². The topological polar surface area (TPSA) is 63.2 Å². The summed E-state index contributed by atoms with van der Waals surface area (Å²) in [6.07, 6.45) is 2.23. The molecule has 1 aromatic carbocycles. The molecule has 1 aliphatic rings. The molecule has 0 unspecified atom stereocenters. The Balaban J connectivity index is 0.00000208.